The molecule has 0 saturated carbocycles. The fraction of sp³-hybridized carbons (Fsp3) is 0.538. The minimum absolute atomic E-state index is 0.0939. The highest BCUT2D eigenvalue weighted by Gasteiger charge is 2.18. The van der Waals surface area contributed by atoms with Crippen LogP contribution in [0.1, 0.15) is 24.8 Å². The van der Waals surface area contributed by atoms with Crippen LogP contribution in [0.5, 0.6) is 5.75 Å². The molecule has 0 amide bonds. The normalized spacial score (nSPS) is 21.5. The van der Waals surface area contributed by atoms with Gasteiger partial charge >= 0.3 is 0 Å². The van der Waals surface area contributed by atoms with Crippen LogP contribution in [-0.4, -0.2) is 31.0 Å². The van der Waals surface area contributed by atoms with Crippen molar-refractivity contribution < 1.29 is 14.6 Å². The minimum atomic E-state index is 0.0939. The molecule has 2 rings (SSSR count). The molecule has 94 valence electrons. The summed E-state index contributed by atoms with van der Waals surface area (Å²) in [6.07, 6.45) is 1.01. The topological polar surface area (TPSA) is 38.7 Å². The van der Waals surface area contributed by atoms with Crippen molar-refractivity contribution in [1.29, 1.82) is 0 Å². The van der Waals surface area contributed by atoms with Crippen LogP contribution < -0.4 is 4.74 Å². The maximum absolute atomic E-state index is 9.09. The van der Waals surface area contributed by atoms with E-state index in [9.17, 15) is 0 Å². The lowest BCUT2D eigenvalue weighted by Gasteiger charge is -2.15. The zero-order valence-electron chi connectivity index (χ0n) is 9.86. The molecule has 1 aromatic carbocycles. The van der Waals surface area contributed by atoms with Gasteiger partial charge in [-0.1, -0.05) is 24.6 Å². The Morgan fingerprint density at radius 3 is 3.00 bits per heavy atom. The predicted octanol–water partition coefficient (Wildman–Crippen LogP) is 2.60. The van der Waals surface area contributed by atoms with Gasteiger partial charge in [-0.25, -0.2) is 0 Å². The van der Waals surface area contributed by atoms with Gasteiger partial charge in [0.25, 0.3) is 0 Å². The van der Waals surface area contributed by atoms with E-state index in [2.05, 4.69) is 0 Å². The Kier molecular flexibility index (Phi) is 4.26. The summed E-state index contributed by atoms with van der Waals surface area (Å²) in [7, 11) is 0. The van der Waals surface area contributed by atoms with Gasteiger partial charge in [0, 0.05) is 18.9 Å². The third kappa shape index (κ3) is 3.12. The molecule has 2 unspecified atom stereocenters. The zero-order chi connectivity index (χ0) is 12.3. The maximum Gasteiger partial charge on any atom is 0.138 e. The monoisotopic (exact) mass is 256 g/mol. The number of hydrogen-bond donors (Lipinski definition) is 1. The average Bonchev–Trinajstić information content (AvgIpc) is 2.83. The molecular weight excluding hydrogens is 240 g/mol. The SMILES string of the molecule is CC(CO)c1ccc(OC2CCOC2)c(Cl)c1. The maximum atomic E-state index is 9.09. The second-order valence-electron chi connectivity index (χ2n) is 4.38. The van der Waals surface area contributed by atoms with Crippen LogP contribution in [0.25, 0.3) is 0 Å². The molecule has 1 fully saturated rings. The van der Waals surface area contributed by atoms with Crippen LogP contribution in [-0.2, 0) is 4.74 Å². The molecule has 0 radical (unpaired) electrons. The van der Waals surface area contributed by atoms with Gasteiger partial charge in [-0.15, -0.1) is 0 Å². The van der Waals surface area contributed by atoms with E-state index in [1.165, 1.54) is 0 Å². The molecule has 1 N–H and O–H groups in total. The number of ether oxygens (including phenoxy) is 2. The summed E-state index contributed by atoms with van der Waals surface area (Å²) in [4.78, 5) is 0. The van der Waals surface area contributed by atoms with Crippen LogP contribution in [0.15, 0.2) is 18.2 Å². The van der Waals surface area contributed by atoms with Crippen molar-refractivity contribution in [3.8, 4) is 5.75 Å². The summed E-state index contributed by atoms with van der Waals surface area (Å²) in [6, 6.07) is 5.66. The number of hydrogen-bond acceptors (Lipinski definition) is 3. The molecule has 1 saturated heterocycles. The highest BCUT2D eigenvalue weighted by Crippen LogP contribution is 2.30. The van der Waals surface area contributed by atoms with Crippen LogP contribution >= 0.6 is 11.6 Å². The minimum Gasteiger partial charge on any atom is -0.486 e. The molecule has 1 aliphatic heterocycles. The standard InChI is InChI=1S/C13H17ClO3/c1-9(7-15)10-2-3-13(12(14)6-10)17-11-4-5-16-8-11/h2-3,6,9,11,15H,4-5,7-8H2,1H3. The third-order valence-corrected chi connectivity index (χ3v) is 3.28. The van der Waals surface area contributed by atoms with E-state index in [1.807, 2.05) is 25.1 Å². The van der Waals surface area contributed by atoms with Crippen molar-refractivity contribution in [2.24, 2.45) is 0 Å². The zero-order valence-corrected chi connectivity index (χ0v) is 10.6. The van der Waals surface area contributed by atoms with Gasteiger partial charge in [-0.05, 0) is 17.7 Å². The fourth-order valence-electron chi connectivity index (χ4n) is 1.81. The highest BCUT2D eigenvalue weighted by molar-refractivity contribution is 6.32. The number of aliphatic hydroxyl groups excluding tert-OH is 1. The molecule has 0 aromatic heterocycles. The van der Waals surface area contributed by atoms with Crippen LogP contribution in [0.4, 0.5) is 0 Å². The van der Waals surface area contributed by atoms with Crippen molar-refractivity contribution in [2.45, 2.75) is 25.4 Å². The molecule has 3 nitrogen and oxygen atoms in total. The van der Waals surface area contributed by atoms with Crippen LogP contribution in [0.2, 0.25) is 5.02 Å². The van der Waals surface area contributed by atoms with Gasteiger partial charge in [0.2, 0.25) is 0 Å². The van der Waals surface area contributed by atoms with E-state index in [4.69, 9.17) is 26.2 Å². The summed E-state index contributed by atoms with van der Waals surface area (Å²) in [5, 5.41) is 9.68. The second kappa shape index (κ2) is 5.71. The molecule has 1 aromatic rings. The second-order valence-corrected chi connectivity index (χ2v) is 4.78. The number of aliphatic hydroxyl groups is 1. The molecule has 0 aliphatic carbocycles. The first-order chi connectivity index (χ1) is 8.20. The van der Waals surface area contributed by atoms with Gasteiger partial charge in [0.1, 0.15) is 11.9 Å². The van der Waals surface area contributed by atoms with Gasteiger partial charge in [-0.3, -0.25) is 0 Å². The Morgan fingerprint density at radius 2 is 2.41 bits per heavy atom. The van der Waals surface area contributed by atoms with E-state index < -0.39 is 0 Å². The van der Waals surface area contributed by atoms with Gasteiger partial charge < -0.3 is 14.6 Å². The molecular formula is C13H17ClO3. The Balaban J connectivity index is 2.08. The Hall–Kier alpha value is -0.770. The van der Waals surface area contributed by atoms with Crippen molar-refractivity contribution in [1.82, 2.24) is 0 Å². The summed E-state index contributed by atoms with van der Waals surface area (Å²) in [5.74, 6) is 0.785. The summed E-state index contributed by atoms with van der Waals surface area (Å²) in [5.41, 5.74) is 1.02. The molecule has 2 atom stereocenters. The largest absolute Gasteiger partial charge is 0.486 e. The van der Waals surface area contributed by atoms with Crippen LogP contribution in [0.3, 0.4) is 0 Å². The Bertz CT molecular complexity index is 375. The van der Waals surface area contributed by atoms with Gasteiger partial charge in [0.05, 0.1) is 18.2 Å². The van der Waals surface area contributed by atoms with E-state index in [-0.39, 0.29) is 18.6 Å². The summed E-state index contributed by atoms with van der Waals surface area (Å²) >= 11 is 6.16. The Morgan fingerprint density at radius 1 is 1.59 bits per heavy atom. The summed E-state index contributed by atoms with van der Waals surface area (Å²) in [6.45, 7) is 3.46. The van der Waals surface area contributed by atoms with E-state index in [0.29, 0.717) is 17.4 Å². The molecule has 1 heterocycles. The van der Waals surface area contributed by atoms with E-state index in [0.717, 1.165) is 18.6 Å². The third-order valence-electron chi connectivity index (χ3n) is 2.98. The molecule has 17 heavy (non-hydrogen) atoms. The number of halogens is 1. The quantitative estimate of drug-likeness (QED) is 0.900. The molecule has 0 bridgehead atoms. The lowest BCUT2D eigenvalue weighted by Crippen LogP contribution is -2.16. The lowest BCUT2D eigenvalue weighted by atomic mass is 10.0. The smallest absolute Gasteiger partial charge is 0.138 e. The van der Waals surface area contributed by atoms with Crippen LogP contribution in [0, 0.1) is 0 Å². The first-order valence-corrected chi connectivity index (χ1v) is 6.23. The van der Waals surface area contributed by atoms with Crippen molar-refractivity contribution in [3.63, 3.8) is 0 Å². The van der Waals surface area contributed by atoms with Crippen molar-refractivity contribution in [2.75, 3.05) is 19.8 Å². The molecule has 4 heteroatoms. The molecule has 0 spiro atoms. The first-order valence-electron chi connectivity index (χ1n) is 5.85. The fourth-order valence-corrected chi connectivity index (χ4v) is 2.04. The van der Waals surface area contributed by atoms with E-state index >= 15 is 0 Å². The van der Waals surface area contributed by atoms with Gasteiger partial charge in [0.15, 0.2) is 0 Å². The Labute approximate surface area is 106 Å². The number of benzene rings is 1. The van der Waals surface area contributed by atoms with Crippen molar-refractivity contribution in [3.05, 3.63) is 28.8 Å². The number of rotatable bonds is 4. The van der Waals surface area contributed by atoms with Crippen molar-refractivity contribution >= 4 is 11.6 Å². The summed E-state index contributed by atoms with van der Waals surface area (Å²) < 4.78 is 11.0. The first kappa shape index (κ1) is 12.7. The average molecular weight is 257 g/mol. The predicted molar refractivity (Wildman–Crippen MR) is 66.8 cm³/mol. The van der Waals surface area contributed by atoms with Gasteiger partial charge in [-0.2, -0.15) is 0 Å². The lowest BCUT2D eigenvalue weighted by molar-refractivity contribution is 0.141. The molecule has 1 aliphatic rings. The highest BCUT2D eigenvalue weighted by atomic mass is 35.5. The van der Waals surface area contributed by atoms with E-state index in [1.54, 1.807) is 0 Å².